The molecule has 2 aromatic rings. The van der Waals surface area contributed by atoms with E-state index < -0.39 is 0 Å². The Hall–Kier alpha value is -2.62. The molecule has 2 aromatic carbocycles. The zero-order valence-corrected chi connectivity index (χ0v) is 16.7. The zero-order chi connectivity index (χ0) is 19.8. The van der Waals surface area contributed by atoms with Gasteiger partial charge in [0.15, 0.2) is 0 Å². The molecule has 2 atom stereocenters. The quantitative estimate of drug-likeness (QED) is 0.726. The summed E-state index contributed by atoms with van der Waals surface area (Å²) >= 11 is 0. The van der Waals surface area contributed by atoms with Crippen LogP contribution in [0.15, 0.2) is 48.5 Å². The molecule has 0 saturated carbocycles. The summed E-state index contributed by atoms with van der Waals surface area (Å²) in [5, 5.41) is 0. The SMILES string of the molecule is COC(=O)C1CC(C)N(C(=O)c2ccc(C(C)(C)C)cc2)c2ccccc21. The average molecular weight is 365 g/mol. The van der Waals surface area contributed by atoms with Crippen LogP contribution in [0, 0.1) is 0 Å². The fourth-order valence-corrected chi connectivity index (χ4v) is 3.74. The van der Waals surface area contributed by atoms with Crippen molar-refractivity contribution in [2.75, 3.05) is 12.0 Å². The van der Waals surface area contributed by atoms with Crippen molar-refractivity contribution in [3.63, 3.8) is 0 Å². The molecule has 2 unspecified atom stereocenters. The van der Waals surface area contributed by atoms with Crippen LogP contribution in [0.5, 0.6) is 0 Å². The van der Waals surface area contributed by atoms with Crippen LogP contribution in [0.4, 0.5) is 5.69 Å². The molecule has 0 aromatic heterocycles. The molecule has 3 rings (SSSR count). The van der Waals surface area contributed by atoms with Crippen molar-refractivity contribution in [1.82, 2.24) is 0 Å². The van der Waals surface area contributed by atoms with Crippen LogP contribution in [0.3, 0.4) is 0 Å². The molecule has 0 aliphatic carbocycles. The highest BCUT2D eigenvalue weighted by molar-refractivity contribution is 6.07. The second-order valence-corrected chi connectivity index (χ2v) is 8.22. The lowest BCUT2D eigenvalue weighted by molar-refractivity contribution is -0.142. The van der Waals surface area contributed by atoms with Crippen LogP contribution >= 0.6 is 0 Å². The minimum Gasteiger partial charge on any atom is -0.469 e. The number of esters is 1. The van der Waals surface area contributed by atoms with Crippen molar-refractivity contribution in [3.8, 4) is 0 Å². The molecular weight excluding hydrogens is 338 g/mol. The lowest BCUT2D eigenvalue weighted by atomic mass is 9.85. The van der Waals surface area contributed by atoms with E-state index >= 15 is 0 Å². The highest BCUT2D eigenvalue weighted by Gasteiger charge is 2.37. The van der Waals surface area contributed by atoms with Crippen molar-refractivity contribution in [2.45, 2.75) is 51.5 Å². The molecule has 0 spiro atoms. The number of carbonyl (C=O) groups excluding carboxylic acids is 2. The van der Waals surface area contributed by atoms with Crippen molar-refractivity contribution >= 4 is 17.6 Å². The van der Waals surface area contributed by atoms with Gasteiger partial charge >= 0.3 is 5.97 Å². The van der Waals surface area contributed by atoms with E-state index in [1.807, 2.05) is 55.5 Å². The van der Waals surface area contributed by atoms with E-state index in [1.165, 1.54) is 12.7 Å². The van der Waals surface area contributed by atoms with Crippen LogP contribution in [-0.4, -0.2) is 25.0 Å². The molecule has 1 aliphatic heterocycles. The molecule has 0 saturated heterocycles. The van der Waals surface area contributed by atoms with Gasteiger partial charge in [-0.05, 0) is 48.1 Å². The standard InChI is InChI=1S/C23H27NO3/c1-15-14-19(22(26)27-5)18-8-6-7-9-20(18)24(15)21(25)16-10-12-17(13-11-16)23(2,3)4/h6-13,15,19H,14H2,1-5H3. The van der Waals surface area contributed by atoms with Crippen LogP contribution in [0.25, 0.3) is 0 Å². The summed E-state index contributed by atoms with van der Waals surface area (Å²) < 4.78 is 4.98. The van der Waals surface area contributed by atoms with Crippen molar-refractivity contribution in [1.29, 1.82) is 0 Å². The normalized spacial score (nSPS) is 19.4. The first-order valence-corrected chi connectivity index (χ1v) is 9.35. The number of nitrogens with zero attached hydrogens (tertiary/aromatic N) is 1. The Kier molecular flexibility index (Phi) is 5.09. The van der Waals surface area contributed by atoms with Crippen LogP contribution in [0.2, 0.25) is 0 Å². The molecule has 1 amide bonds. The van der Waals surface area contributed by atoms with Gasteiger partial charge in [0.2, 0.25) is 0 Å². The molecule has 4 heteroatoms. The second kappa shape index (κ2) is 7.18. The number of para-hydroxylation sites is 1. The Labute approximate surface area is 161 Å². The Morgan fingerprint density at radius 1 is 1.04 bits per heavy atom. The number of carbonyl (C=O) groups is 2. The summed E-state index contributed by atoms with van der Waals surface area (Å²) in [7, 11) is 1.41. The van der Waals surface area contributed by atoms with Gasteiger partial charge in [0.1, 0.15) is 0 Å². The lowest BCUT2D eigenvalue weighted by Crippen LogP contribution is -2.44. The molecule has 0 N–H and O–H groups in total. The number of hydrogen-bond donors (Lipinski definition) is 0. The van der Waals surface area contributed by atoms with Gasteiger partial charge in [0, 0.05) is 17.3 Å². The summed E-state index contributed by atoms with van der Waals surface area (Å²) in [6.45, 7) is 8.44. The largest absolute Gasteiger partial charge is 0.469 e. The third kappa shape index (κ3) is 3.61. The topological polar surface area (TPSA) is 46.6 Å². The van der Waals surface area contributed by atoms with Gasteiger partial charge in [-0.15, -0.1) is 0 Å². The highest BCUT2D eigenvalue weighted by atomic mass is 16.5. The Balaban J connectivity index is 1.98. The Bertz CT molecular complexity index is 849. The third-order valence-corrected chi connectivity index (χ3v) is 5.29. The lowest BCUT2D eigenvalue weighted by Gasteiger charge is -2.38. The van der Waals surface area contributed by atoms with Crippen molar-refractivity contribution in [2.24, 2.45) is 0 Å². The number of ether oxygens (including phenoxy) is 1. The van der Waals surface area contributed by atoms with E-state index in [0.29, 0.717) is 12.0 Å². The molecule has 1 aliphatic rings. The van der Waals surface area contributed by atoms with Crippen molar-refractivity contribution in [3.05, 3.63) is 65.2 Å². The first-order valence-electron chi connectivity index (χ1n) is 9.35. The van der Waals surface area contributed by atoms with E-state index in [1.54, 1.807) is 4.90 Å². The van der Waals surface area contributed by atoms with E-state index in [0.717, 1.165) is 11.3 Å². The number of methoxy groups -OCH3 is 1. The molecule has 1 heterocycles. The smallest absolute Gasteiger partial charge is 0.313 e. The van der Waals surface area contributed by atoms with E-state index in [-0.39, 0.29) is 29.3 Å². The maximum atomic E-state index is 13.3. The van der Waals surface area contributed by atoms with Gasteiger partial charge < -0.3 is 9.64 Å². The van der Waals surface area contributed by atoms with Gasteiger partial charge in [-0.25, -0.2) is 0 Å². The van der Waals surface area contributed by atoms with Crippen LogP contribution < -0.4 is 4.90 Å². The molecule has 142 valence electrons. The predicted molar refractivity (Wildman–Crippen MR) is 107 cm³/mol. The monoisotopic (exact) mass is 365 g/mol. The van der Waals surface area contributed by atoms with E-state index in [2.05, 4.69) is 20.8 Å². The number of anilines is 1. The Morgan fingerprint density at radius 3 is 2.26 bits per heavy atom. The van der Waals surface area contributed by atoms with E-state index in [4.69, 9.17) is 4.74 Å². The van der Waals surface area contributed by atoms with E-state index in [9.17, 15) is 9.59 Å². The first kappa shape index (κ1) is 19.2. The minimum atomic E-state index is -0.339. The molecule has 27 heavy (non-hydrogen) atoms. The molecule has 0 radical (unpaired) electrons. The van der Waals surface area contributed by atoms with Crippen LogP contribution in [0.1, 0.15) is 61.5 Å². The summed E-state index contributed by atoms with van der Waals surface area (Å²) in [5.41, 5.74) is 3.53. The number of hydrogen-bond acceptors (Lipinski definition) is 3. The fraction of sp³-hybridized carbons (Fsp3) is 0.391. The molecule has 0 fully saturated rings. The average Bonchev–Trinajstić information content (AvgIpc) is 2.65. The van der Waals surface area contributed by atoms with Gasteiger partial charge in [0.05, 0.1) is 13.0 Å². The summed E-state index contributed by atoms with van der Waals surface area (Å²) in [5.74, 6) is -0.636. The molecule has 0 bridgehead atoms. The second-order valence-electron chi connectivity index (χ2n) is 8.22. The number of benzene rings is 2. The zero-order valence-electron chi connectivity index (χ0n) is 16.7. The summed E-state index contributed by atoms with van der Waals surface area (Å²) in [6, 6.07) is 15.3. The fourth-order valence-electron chi connectivity index (χ4n) is 3.74. The predicted octanol–water partition coefficient (Wildman–Crippen LogP) is 4.68. The Morgan fingerprint density at radius 2 is 1.67 bits per heavy atom. The number of fused-ring (bicyclic) bond motifs is 1. The van der Waals surface area contributed by atoms with Gasteiger partial charge in [-0.1, -0.05) is 51.1 Å². The maximum Gasteiger partial charge on any atom is 0.313 e. The summed E-state index contributed by atoms with van der Waals surface area (Å²) in [4.78, 5) is 27.3. The van der Waals surface area contributed by atoms with Gasteiger partial charge in [0.25, 0.3) is 5.91 Å². The van der Waals surface area contributed by atoms with Crippen LogP contribution in [-0.2, 0) is 14.9 Å². The van der Waals surface area contributed by atoms with Gasteiger partial charge in [-0.2, -0.15) is 0 Å². The highest BCUT2D eigenvalue weighted by Crippen LogP contribution is 2.39. The molecular formula is C23H27NO3. The number of rotatable bonds is 2. The summed E-state index contributed by atoms with van der Waals surface area (Å²) in [6.07, 6.45) is 0.551. The number of amides is 1. The maximum absolute atomic E-state index is 13.3. The third-order valence-electron chi connectivity index (χ3n) is 5.29. The van der Waals surface area contributed by atoms with Gasteiger partial charge in [-0.3, -0.25) is 9.59 Å². The minimum absolute atomic E-state index is 0.0420. The van der Waals surface area contributed by atoms with Crippen molar-refractivity contribution < 1.29 is 14.3 Å². The first-order chi connectivity index (χ1) is 12.7. The molecule has 4 nitrogen and oxygen atoms in total.